The first kappa shape index (κ1) is 13.3. The van der Waals surface area contributed by atoms with Gasteiger partial charge in [-0.2, -0.15) is 0 Å². The van der Waals surface area contributed by atoms with Gasteiger partial charge in [-0.3, -0.25) is 4.99 Å². The van der Waals surface area contributed by atoms with Crippen molar-refractivity contribution in [1.29, 1.82) is 0 Å². The van der Waals surface area contributed by atoms with Gasteiger partial charge in [0.2, 0.25) is 0 Å². The van der Waals surface area contributed by atoms with Gasteiger partial charge in [0.25, 0.3) is 0 Å². The van der Waals surface area contributed by atoms with Crippen LogP contribution in [0.3, 0.4) is 0 Å². The molecular weight excluding hydrogens is 198 g/mol. The number of nitrogens with one attached hydrogen (secondary N) is 1. The molecule has 1 aliphatic carbocycles. The molecule has 0 atom stereocenters. The lowest BCUT2D eigenvalue weighted by Gasteiger charge is -2.33. The van der Waals surface area contributed by atoms with Crippen LogP contribution in [0.2, 0.25) is 0 Å². The predicted molar refractivity (Wildman–Crippen MR) is 70.5 cm³/mol. The third kappa shape index (κ3) is 4.86. The molecule has 0 bridgehead atoms. The molecular formula is C13H27N3. The van der Waals surface area contributed by atoms with Crippen molar-refractivity contribution >= 4 is 5.96 Å². The van der Waals surface area contributed by atoms with Gasteiger partial charge in [0, 0.05) is 12.6 Å². The molecule has 3 nitrogen and oxygen atoms in total. The highest BCUT2D eigenvalue weighted by molar-refractivity contribution is 5.78. The highest BCUT2D eigenvalue weighted by atomic mass is 15.1. The molecule has 0 aromatic carbocycles. The maximum atomic E-state index is 5.78. The Kier molecular flexibility index (Phi) is 4.63. The minimum atomic E-state index is 0.369. The summed E-state index contributed by atoms with van der Waals surface area (Å²) < 4.78 is 0. The zero-order valence-electron chi connectivity index (χ0n) is 11.2. The molecule has 1 aliphatic rings. The first-order chi connectivity index (χ1) is 7.39. The van der Waals surface area contributed by atoms with Gasteiger partial charge in [0.1, 0.15) is 0 Å². The fraction of sp³-hybridized carbons (Fsp3) is 0.923. The molecule has 94 valence electrons. The van der Waals surface area contributed by atoms with E-state index in [2.05, 4.69) is 38.0 Å². The van der Waals surface area contributed by atoms with Crippen molar-refractivity contribution < 1.29 is 0 Å². The monoisotopic (exact) mass is 225 g/mol. The first-order valence-corrected chi connectivity index (χ1v) is 6.45. The Morgan fingerprint density at radius 3 is 2.44 bits per heavy atom. The van der Waals surface area contributed by atoms with Gasteiger partial charge < -0.3 is 11.1 Å². The molecule has 3 heteroatoms. The molecule has 0 aromatic heterocycles. The molecule has 16 heavy (non-hydrogen) atoms. The van der Waals surface area contributed by atoms with E-state index >= 15 is 0 Å². The van der Waals surface area contributed by atoms with Crippen molar-refractivity contribution in [2.24, 2.45) is 22.1 Å². The number of nitrogens with zero attached hydrogens (tertiary/aromatic N) is 1. The standard InChI is InChI=1S/C13H27N3/c1-10(2)16-12(14)15-9-11-5-7-13(3,4)8-6-11/h10-11H,5-9H2,1-4H3,(H3,14,15,16). The lowest BCUT2D eigenvalue weighted by atomic mass is 9.73. The smallest absolute Gasteiger partial charge is 0.188 e. The van der Waals surface area contributed by atoms with E-state index < -0.39 is 0 Å². The molecule has 1 rings (SSSR count). The minimum absolute atomic E-state index is 0.369. The second-order valence-corrected chi connectivity index (χ2v) is 6.13. The van der Waals surface area contributed by atoms with Crippen LogP contribution in [-0.2, 0) is 0 Å². The summed E-state index contributed by atoms with van der Waals surface area (Å²) in [5.74, 6) is 1.33. The fourth-order valence-corrected chi connectivity index (χ4v) is 2.21. The quantitative estimate of drug-likeness (QED) is 0.573. The van der Waals surface area contributed by atoms with E-state index in [0.717, 1.165) is 12.5 Å². The van der Waals surface area contributed by atoms with Crippen LogP contribution in [0.5, 0.6) is 0 Å². The molecule has 0 amide bonds. The number of rotatable bonds is 3. The second-order valence-electron chi connectivity index (χ2n) is 6.13. The molecule has 0 unspecified atom stereocenters. The molecule has 1 saturated carbocycles. The van der Waals surface area contributed by atoms with Crippen molar-refractivity contribution in [1.82, 2.24) is 5.32 Å². The summed E-state index contributed by atoms with van der Waals surface area (Å²) in [4.78, 5) is 4.42. The summed E-state index contributed by atoms with van der Waals surface area (Å²) >= 11 is 0. The van der Waals surface area contributed by atoms with E-state index in [-0.39, 0.29) is 0 Å². The normalized spacial score (nSPS) is 22.4. The summed E-state index contributed by atoms with van der Waals surface area (Å²) in [5.41, 5.74) is 6.33. The van der Waals surface area contributed by atoms with Crippen LogP contribution < -0.4 is 11.1 Å². The summed E-state index contributed by atoms with van der Waals surface area (Å²) in [6.07, 6.45) is 5.24. The van der Waals surface area contributed by atoms with E-state index in [4.69, 9.17) is 5.73 Å². The van der Waals surface area contributed by atoms with Gasteiger partial charge in [-0.25, -0.2) is 0 Å². The summed E-state index contributed by atoms with van der Waals surface area (Å²) in [6, 6.07) is 0.369. The van der Waals surface area contributed by atoms with Gasteiger partial charge in [-0.05, 0) is 50.9 Å². The van der Waals surface area contributed by atoms with Gasteiger partial charge in [0.05, 0.1) is 0 Å². The van der Waals surface area contributed by atoms with Crippen LogP contribution in [0.4, 0.5) is 0 Å². The van der Waals surface area contributed by atoms with Crippen molar-refractivity contribution in [3.63, 3.8) is 0 Å². The largest absolute Gasteiger partial charge is 0.370 e. The van der Waals surface area contributed by atoms with E-state index in [1.54, 1.807) is 0 Å². The van der Waals surface area contributed by atoms with E-state index in [1.807, 2.05) is 0 Å². The molecule has 1 fully saturated rings. The zero-order chi connectivity index (χ0) is 12.2. The fourth-order valence-electron chi connectivity index (χ4n) is 2.21. The lowest BCUT2D eigenvalue weighted by Crippen LogP contribution is -2.37. The Morgan fingerprint density at radius 2 is 1.94 bits per heavy atom. The highest BCUT2D eigenvalue weighted by Crippen LogP contribution is 2.37. The summed E-state index contributed by atoms with van der Waals surface area (Å²) in [5, 5.41) is 3.13. The zero-order valence-corrected chi connectivity index (χ0v) is 11.2. The van der Waals surface area contributed by atoms with Gasteiger partial charge in [-0.1, -0.05) is 13.8 Å². The average Bonchev–Trinajstić information content (AvgIpc) is 2.15. The Bertz CT molecular complexity index is 234. The number of guanidine groups is 1. The third-order valence-electron chi connectivity index (χ3n) is 3.42. The molecule has 3 N–H and O–H groups in total. The maximum Gasteiger partial charge on any atom is 0.188 e. The Balaban J connectivity index is 2.29. The average molecular weight is 225 g/mol. The Labute approximate surface area is 99.9 Å². The van der Waals surface area contributed by atoms with Gasteiger partial charge in [-0.15, -0.1) is 0 Å². The summed E-state index contributed by atoms with van der Waals surface area (Å²) in [7, 11) is 0. The second kappa shape index (κ2) is 5.55. The minimum Gasteiger partial charge on any atom is -0.370 e. The van der Waals surface area contributed by atoms with Crippen LogP contribution in [0.1, 0.15) is 53.4 Å². The maximum absolute atomic E-state index is 5.78. The molecule has 0 aromatic rings. The van der Waals surface area contributed by atoms with Gasteiger partial charge in [0.15, 0.2) is 5.96 Å². The topological polar surface area (TPSA) is 50.4 Å². The number of nitrogens with two attached hydrogens (primary N) is 1. The van der Waals surface area contributed by atoms with Gasteiger partial charge >= 0.3 is 0 Å². The molecule has 0 radical (unpaired) electrons. The van der Waals surface area contributed by atoms with E-state index in [0.29, 0.717) is 17.4 Å². The van der Waals surface area contributed by atoms with E-state index in [9.17, 15) is 0 Å². The van der Waals surface area contributed by atoms with E-state index in [1.165, 1.54) is 25.7 Å². The van der Waals surface area contributed by atoms with Crippen molar-refractivity contribution in [2.75, 3.05) is 6.54 Å². The first-order valence-electron chi connectivity index (χ1n) is 6.45. The molecule has 0 aliphatic heterocycles. The summed E-state index contributed by atoms with van der Waals surface area (Å²) in [6.45, 7) is 9.76. The van der Waals surface area contributed by atoms with Crippen LogP contribution >= 0.6 is 0 Å². The third-order valence-corrected chi connectivity index (χ3v) is 3.42. The van der Waals surface area contributed by atoms with Crippen LogP contribution in [0.25, 0.3) is 0 Å². The van der Waals surface area contributed by atoms with Crippen LogP contribution in [0, 0.1) is 11.3 Å². The number of aliphatic imine (C=N–C) groups is 1. The molecule has 0 saturated heterocycles. The van der Waals surface area contributed by atoms with Crippen LogP contribution in [-0.4, -0.2) is 18.5 Å². The molecule has 0 heterocycles. The van der Waals surface area contributed by atoms with Crippen LogP contribution in [0.15, 0.2) is 4.99 Å². The molecule has 0 spiro atoms. The SMILES string of the molecule is CC(C)NC(N)=NCC1CCC(C)(C)CC1. The Hall–Kier alpha value is -0.730. The number of hydrogen-bond donors (Lipinski definition) is 2. The highest BCUT2D eigenvalue weighted by Gasteiger charge is 2.26. The number of hydrogen-bond acceptors (Lipinski definition) is 1. The predicted octanol–water partition coefficient (Wildman–Crippen LogP) is 2.52. The van der Waals surface area contributed by atoms with Crippen molar-refractivity contribution in [3.8, 4) is 0 Å². The van der Waals surface area contributed by atoms with Crippen molar-refractivity contribution in [3.05, 3.63) is 0 Å². The Morgan fingerprint density at radius 1 is 1.38 bits per heavy atom. The van der Waals surface area contributed by atoms with Crippen molar-refractivity contribution in [2.45, 2.75) is 59.4 Å². The lowest BCUT2D eigenvalue weighted by molar-refractivity contribution is 0.195.